The lowest BCUT2D eigenvalue weighted by Crippen LogP contribution is -1.87. The van der Waals surface area contributed by atoms with Gasteiger partial charge in [0.15, 0.2) is 0 Å². The maximum Gasteiger partial charge on any atom is 0.258 e. The second kappa shape index (κ2) is 5.01. The highest BCUT2D eigenvalue weighted by atomic mass is 19.1. The molecule has 0 aliphatic heterocycles. The Balaban J connectivity index is 2.01. The summed E-state index contributed by atoms with van der Waals surface area (Å²) < 4.78 is 18.3. The predicted octanol–water partition coefficient (Wildman–Crippen LogP) is 3.87. The molecule has 0 radical (unpaired) electrons. The third-order valence-electron chi connectivity index (χ3n) is 3.31. The van der Waals surface area contributed by atoms with Gasteiger partial charge in [0.05, 0.1) is 0 Å². The Kier molecular flexibility index (Phi) is 3.17. The van der Waals surface area contributed by atoms with E-state index in [1.807, 2.05) is 0 Å². The van der Waals surface area contributed by atoms with Gasteiger partial charge in [-0.15, -0.1) is 0 Å². The smallest absolute Gasteiger partial charge is 0.258 e. The first-order chi connectivity index (χ1) is 10.0. The van der Waals surface area contributed by atoms with Crippen LogP contribution >= 0.6 is 0 Å². The monoisotopic (exact) mass is 284 g/mol. The molecular formula is C16H13FN2O2. The van der Waals surface area contributed by atoms with E-state index in [2.05, 4.69) is 10.1 Å². The molecule has 0 atom stereocenters. The number of aromatic hydroxyl groups is 1. The Morgan fingerprint density at radius 1 is 1.05 bits per heavy atom. The average molecular weight is 284 g/mol. The molecule has 106 valence electrons. The van der Waals surface area contributed by atoms with Crippen LogP contribution in [0.5, 0.6) is 5.75 Å². The standard InChI is InChI=1S/C16H13FN2O2/c1-9-3-4-11(8-14(9)20)16-18-15(19-21-16)13-6-5-12(17)7-10(13)2/h3-8,20H,1-2H3. The summed E-state index contributed by atoms with van der Waals surface area (Å²) in [5, 5.41) is 13.6. The number of hydrogen-bond acceptors (Lipinski definition) is 4. The maximum absolute atomic E-state index is 13.1. The van der Waals surface area contributed by atoms with Crippen molar-refractivity contribution < 1.29 is 14.0 Å². The van der Waals surface area contributed by atoms with E-state index in [0.717, 1.165) is 11.1 Å². The van der Waals surface area contributed by atoms with Crippen molar-refractivity contribution in [3.05, 3.63) is 53.3 Å². The molecule has 1 heterocycles. The van der Waals surface area contributed by atoms with Crippen LogP contribution in [0.15, 0.2) is 40.9 Å². The number of aryl methyl sites for hydroxylation is 2. The normalized spacial score (nSPS) is 10.8. The Bertz CT molecular complexity index is 812. The Morgan fingerprint density at radius 3 is 2.57 bits per heavy atom. The molecule has 4 nitrogen and oxygen atoms in total. The number of phenols is 1. The summed E-state index contributed by atoms with van der Waals surface area (Å²) in [6, 6.07) is 9.54. The quantitative estimate of drug-likeness (QED) is 0.776. The van der Waals surface area contributed by atoms with E-state index in [-0.39, 0.29) is 11.6 Å². The first-order valence-corrected chi connectivity index (χ1v) is 6.45. The van der Waals surface area contributed by atoms with Crippen LogP contribution in [0, 0.1) is 19.7 Å². The molecule has 0 aliphatic carbocycles. The highest BCUT2D eigenvalue weighted by Crippen LogP contribution is 2.28. The van der Waals surface area contributed by atoms with Gasteiger partial charge in [0.25, 0.3) is 5.89 Å². The third kappa shape index (κ3) is 2.50. The van der Waals surface area contributed by atoms with Crippen molar-refractivity contribution in [2.24, 2.45) is 0 Å². The van der Waals surface area contributed by atoms with Crippen LogP contribution in [0.1, 0.15) is 11.1 Å². The Labute approximate surface area is 120 Å². The minimum atomic E-state index is -0.302. The predicted molar refractivity (Wildman–Crippen MR) is 76.3 cm³/mol. The van der Waals surface area contributed by atoms with Crippen molar-refractivity contribution >= 4 is 0 Å². The third-order valence-corrected chi connectivity index (χ3v) is 3.31. The van der Waals surface area contributed by atoms with Crippen LogP contribution in [-0.4, -0.2) is 15.2 Å². The zero-order chi connectivity index (χ0) is 15.0. The summed E-state index contributed by atoms with van der Waals surface area (Å²) in [4.78, 5) is 4.30. The van der Waals surface area contributed by atoms with E-state index in [0.29, 0.717) is 22.8 Å². The second-order valence-electron chi connectivity index (χ2n) is 4.88. The average Bonchev–Trinajstić information content (AvgIpc) is 2.91. The summed E-state index contributed by atoms with van der Waals surface area (Å²) in [5.74, 6) is 0.570. The second-order valence-corrected chi connectivity index (χ2v) is 4.88. The number of aromatic nitrogens is 2. The molecule has 0 saturated carbocycles. The molecule has 0 bridgehead atoms. The van der Waals surface area contributed by atoms with E-state index in [9.17, 15) is 9.50 Å². The molecule has 5 heteroatoms. The van der Waals surface area contributed by atoms with Gasteiger partial charge in [0.2, 0.25) is 5.82 Å². The van der Waals surface area contributed by atoms with Crippen molar-refractivity contribution in [1.82, 2.24) is 10.1 Å². The van der Waals surface area contributed by atoms with Crippen LogP contribution in [0.3, 0.4) is 0 Å². The van der Waals surface area contributed by atoms with Crippen molar-refractivity contribution in [2.75, 3.05) is 0 Å². The lowest BCUT2D eigenvalue weighted by molar-refractivity contribution is 0.431. The van der Waals surface area contributed by atoms with Crippen LogP contribution in [0.4, 0.5) is 4.39 Å². The van der Waals surface area contributed by atoms with Gasteiger partial charge in [-0.1, -0.05) is 11.2 Å². The minimum Gasteiger partial charge on any atom is -0.508 e. The molecule has 0 spiro atoms. The van der Waals surface area contributed by atoms with Crippen LogP contribution in [0.2, 0.25) is 0 Å². The number of phenolic OH excluding ortho intramolecular Hbond substituents is 1. The van der Waals surface area contributed by atoms with E-state index < -0.39 is 0 Å². The van der Waals surface area contributed by atoms with Gasteiger partial charge in [-0.3, -0.25) is 0 Å². The maximum atomic E-state index is 13.1. The molecule has 2 aromatic carbocycles. The lowest BCUT2D eigenvalue weighted by Gasteiger charge is -2.00. The zero-order valence-electron chi connectivity index (χ0n) is 11.6. The molecule has 0 unspecified atom stereocenters. The van der Waals surface area contributed by atoms with Gasteiger partial charge < -0.3 is 9.63 Å². The van der Waals surface area contributed by atoms with Crippen molar-refractivity contribution in [3.8, 4) is 28.6 Å². The SMILES string of the molecule is Cc1ccc(-c2nc(-c3ccc(F)cc3C)no2)cc1O. The first kappa shape index (κ1) is 13.3. The van der Waals surface area contributed by atoms with Crippen molar-refractivity contribution in [1.29, 1.82) is 0 Å². The number of benzene rings is 2. The number of rotatable bonds is 2. The molecule has 3 rings (SSSR count). The van der Waals surface area contributed by atoms with Gasteiger partial charge in [-0.2, -0.15) is 4.98 Å². The fraction of sp³-hybridized carbons (Fsp3) is 0.125. The van der Waals surface area contributed by atoms with Crippen LogP contribution in [0.25, 0.3) is 22.8 Å². The summed E-state index contributed by atoms with van der Waals surface area (Å²) >= 11 is 0. The summed E-state index contributed by atoms with van der Waals surface area (Å²) in [6.07, 6.45) is 0. The fourth-order valence-corrected chi connectivity index (χ4v) is 2.07. The highest BCUT2D eigenvalue weighted by molar-refractivity contribution is 5.63. The van der Waals surface area contributed by atoms with Gasteiger partial charge in [-0.05, 0) is 55.3 Å². The molecule has 21 heavy (non-hydrogen) atoms. The number of nitrogens with zero attached hydrogens (tertiary/aromatic N) is 2. The van der Waals surface area contributed by atoms with E-state index >= 15 is 0 Å². The molecule has 0 aliphatic rings. The van der Waals surface area contributed by atoms with Gasteiger partial charge in [0, 0.05) is 11.1 Å². The number of halogens is 1. The molecule has 1 N–H and O–H groups in total. The van der Waals surface area contributed by atoms with Gasteiger partial charge in [-0.25, -0.2) is 4.39 Å². The Hall–Kier alpha value is -2.69. The lowest BCUT2D eigenvalue weighted by atomic mass is 10.1. The van der Waals surface area contributed by atoms with Gasteiger partial charge in [0.1, 0.15) is 11.6 Å². The fourth-order valence-electron chi connectivity index (χ4n) is 2.07. The number of hydrogen-bond donors (Lipinski definition) is 1. The topological polar surface area (TPSA) is 59.2 Å². The molecule has 0 fully saturated rings. The van der Waals surface area contributed by atoms with Gasteiger partial charge >= 0.3 is 0 Å². The van der Waals surface area contributed by atoms with E-state index in [1.165, 1.54) is 12.1 Å². The highest BCUT2D eigenvalue weighted by Gasteiger charge is 2.13. The van der Waals surface area contributed by atoms with E-state index in [1.54, 1.807) is 38.1 Å². The minimum absolute atomic E-state index is 0.171. The summed E-state index contributed by atoms with van der Waals surface area (Å²) in [7, 11) is 0. The van der Waals surface area contributed by atoms with Crippen LogP contribution < -0.4 is 0 Å². The first-order valence-electron chi connectivity index (χ1n) is 6.45. The molecule has 1 aromatic heterocycles. The molecular weight excluding hydrogens is 271 g/mol. The van der Waals surface area contributed by atoms with Crippen molar-refractivity contribution in [2.45, 2.75) is 13.8 Å². The molecule has 0 saturated heterocycles. The zero-order valence-corrected chi connectivity index (χ0v) is 11.6. The van der Waals surface area contributed by atoms with E-state index in [4.69, 9.17) is 4.52 Å². The summed E-state index contributed by atoms with van der Waals surface area (Å²) in [5.41, 5.74) is 2.85. The molecule has 0 amide bonds. The Morgan fingerprint density at radius 2 is 1.86 bits per heavy atom. The summed E-state index contributed by atoms with van der Waals surface area (Å²) in [6.45, 7) is 3.59. The van der Waals surface area contributed by atoms with Crippen LogP contribution in [-0.2, 0) is 0 Å². The van der Waals surface area contributed by atoms with Crippen molar-refractivity contribution in [3.63, 3.8) is 0 Å². The molecule has 3 aromatic rings. The largest absolute Gasteiger partial charge is 0.508 e.